The summed E-state index contributed by atoms with van der Waals surface area (Å²) in [5.74, 6) is -1.83. The summed E-state index contributed by atoms with van der Waals surface area (Å²) in [6, 6.07) is 16.6. The molecule has 0 bridgehead atoms. The van der Waals surface area contributed by atoms with Gasteiger partial charge in [0.25, 0.3) is 0 Å². The molecule has 0 saturated heterocycles. The lowest BCUT2D eigenvalue weighted by Crippen LogP contribution is -2.13. The molecule has 0 fully saturated rings. The van der Waals surface area contributed by atoms with Crippen LogP contribution in [0.3, 0.4) is 0 Å². The Labute approximate surface area is 292 Å². The number of hydrogen-bond acceptors (Lipinski definition) is 10. The Balaban J connectivity index is 0.00000112. The van der Waals surface area contributed by atoms with Crippen molar-refractivity contribution in [2.24, 2.45) is 0 Å². The zero-order valence-electron chi connectivity index (χ0n) is 27.3. The van der Waals surface area contributed by atoms with Crippen molar-refractivity contribution in [2.45, 2.75) is 13.5 Å². The third kappa shape index (κ3) is 13.2. The zero-order chi connectivity index (χ0) is 35.1. The van der Waals surface area contributed by atoms with Crippen molar-refractivity contribution in [1.82, 2.24) is 14.9 Å². The summed E-state index contributed by atoms with van der Waals surface area (Å²) in [6.45, 7) is 3.17. The van der Waals surface area contributed by atoms with Gasteiger partial charge in [0.15, 0.2) is 0 Å². The number of hydrogen-bond donors (Lipinski definition) is 4. The van der Waals surface area contributed by atoms with Crippen LogP contribution in [0.1, 0.15) is 18.2 Å². The first-order valence-corrected chi connectivity index (χ1v) is 14.7. The highest BCUT2D eigenvalue weighted by atomic mass is 35.5. The number of ether oxygens (including phenoxy) is 2. The second-order valence-electron chi connectivity index (χ2n) is 10.0. The molecule has 15 nitrogen and oxygen atoms in total. The van der Waals surface area contributed by atoms with E-state index in [1.54, 1.807) is 42.6 Å². The van der Waals surface area contributed by atoms with Crippen LogP contribution in [0.25, 0.3) is 10.9 Å². The van der Waals surface area contributed by atoms with E-state index in [-0.39, 0.29) is 23.5 Å². The molecule has 8 N–H and O–H groups in total. The van der Waals surface area contributed by atoms with Gasteiger partial charge in [-0.1, -0.05) is 23.7 Å². The fourth-order valence-corrected chi connectivity index (χ4v) is 4.21. The van der Waals surface area contributed by atoms with E-state index in [9.17, 15) is 19.6 Å². The number of fused-ring (bicyclic) bond motifs is 1. The Morgan fingerprint density at radius 3 is 2.28 bits per heavy atom. The molecule has 0 radical (unpaired) electrons. The predicted octanol–water partition coefficient (Wildman–Crippen LogP) is 3.99. The summed E-state index contributed by atoms with van der Waals surface area (Å²) in [4.78, 5) is 42.4. The maximum absolute atomic E-state index is 12.6. The first kappa shape index (κ1) is 42.0. The minimum Gasteiger partial charge on any atom is -0.492 e. The van der Waals surface area contributed by atoms with Gasteiger partial charge in [-0.15, -0.1) is 0 Å². The number of anilines is 3. The molecule has 0 spiro atoms. The maximum Gasteiger partial charge on any atom is 0.328 e. The van der Waals surface area contributed by atoms with Crippen molar-refractivity contribution < 1.29 is 45.0 Å². The first-order valence-electron chi connectivity index (χ1n) is 14.4. The maximum atomic E-state index is 12.6. The molecular formula is C34H37ClN6O9. The van der Waals surface area contributed by atoms with Gasteiger partial charge < -0.3 is 46.2 Å². The molecule has 1 amide bonds. The highest BCUT2D eigenvalue weighted by molar-refractivity contribution is 6.32. The summed E-state index contributed by atoms with van der Waals surface area (Å²) < 4.78 is 11.6. The lowest BCUT2D eigenvalue weighted by Gasteiger charge is -2.16. The number of nitrogens with one attached hydrogen (secondary N) is 2. The molecule has 50 heavy (non-hydrogen) atoms. The van der Waals surface area contributed by atoms with Gasteiger partial charge in [-0.2, -0.15) is 5.26 Å². The van der Waals surface area contributed by atoms with Crippen LogP contribution in [0.2, 0.25) is 5.02 Å². The molecule has 2 aromatic carbocycles. The molecule has 264 valence electrons. The van der Waals surface area contributed by atoms with Gasteiger partial charge in [0.1, 0.15) is 24.2 Å². The number of nitriles is 1. The number of halogens is 1. The lowest BCUT2D eigenvalue weighted by molar-refractivity contribution is -0.134. The van der Waals surface area contributed by atoms with Gasteiger partial charge in [-0.3, -0.25) is 14.8 Å². The van der Waals surface area contributed by atoms with Gasteiger partial charge in [0, 0.05) is 54.3 Å². The molecule has 0 saturated carbocycles. The third-order valence-corrected chi connectivity index (χ3v) is 6.35. The Morgan fingerprint density at radius 2 is 1.70 bits per heavy atom. The molecule has 4 aromatic rings. The molecular weight excluding hydrogens is 672 g/mol. The molecule has 2 aromatic heterocycles. The minimum atomic E-state index is -1.26. The summed E-state index contributed by atoms with van der Waals surface area (Å²) in [6.07, 6.45) is 7.56. The average molecular weight is 709 g/mol. The number of benzene rings is 2. The van der Waals surface area contributed by atoms with Crippen LogP contribution in [-0.4, -0.2) is 81.1 Å². The largest absolute Gasteiger partial charge is 0.492 e. The van der Waals surface area contributed by atoms with Crippen LogP contribution < -0.4 is 20.1 Å². The Kier molecular flexibility index (Phi) is 17.7. The van der Waals surface area contributed by atoms with E-state index in [4.69, 9.17) is 31.3 Å². The van der Waals surface area contributed by atoms with Crippen LogP contribution in [0.15, 0.2) is 85.2 Å². The van der Waals surface area contributed by atoms with E-state index in [2.05, 4.69) is 26.7 Å². The zero-order valence-corrected chi connectivity index (χ0v) is 28.1. The molecule has 16 heteroatoms. The summed E-state index contributed by atoms with van der Waals surface area (Å²) in [5.41, 5.74) is 3.33. The number of amides is 1. The Bertz CT molecular complexity index is 1850. The highest BCUT2D eigenvalue weighted by Crippen LogP contribution is 2.37. The van der Waals surface area contributed by atoms with E-state index < -0.39 is 11.9 Å². The van der Waals surface area contributed by atoms with Gasteiger partial charge in [-0.05, 0) is 57.4 Å². The SMILES string of the molecule is CCOc1cc2ncc(C#N)c(Nc3ccc(OCc4ccccn4)c(Cl)c3)c2cc1NC(=O)/C=C/CN(C)C.O.O.O=C(O)/C=C\C(=O)O. The topological polar surface area (TPSA) is 250 Å². The quantitative estimate of drug-likeness (QED) is 0.144. The molecule has 2 heterocycles. The van der Waals surface area contributed by atoms with Crippen LogP contribution >= 0.6 is 11.6 Å². The standard InChI is InChI=1S/C30H29ClN6O3.C4H4O4.2H2O/c1-4-39-28-16-25-23(15-26(28)36-29(38)9-7-13-37(2)3)30(20(17-32)18-34-25)35-21-10-11-27(24(31)14-21)40-19-22-8-5-6-12-33-22;5-3(6)1-2-4(7)8;;/h5-12,14-16,18H,4,13,19H2,1-3H3,(H,34,35)(H,36,38);1-2H,(H,5,6)(H,7,8);2*1H2/b9-7+;2-1-;;. The van der Waals surface area contributed by atoms with E-state index >= 15 is 0 Å². The summed E-state index contributed by atoms with van der Waals surface area (Å²) in [7, 11) is 3.84. The fourth-order valence-electron chi connectivity index (χ4n) is 3.97. The Hall–Kier alpha value is -6.05. The van der Waals surface area contributed by atoms with Gasteiger partial charge >= 0.3 is 11.9 Å². The van der Waals surface area contributed by atoms with E-state index in [0.29, 0.717) is 75.4 Å². The van der Waals surface area contributed by atoms with Crippen molar-refractivity contribution in [3.63, 3.8) is 0 Å². The number of rotatable bonds is 13. The fraction of sp³-hybridized carbons (Fsp3) is 0.176. The van der Waals surface area contributed by atoms with Gasteiger partial charge in [-0.25, -0.2) is 9.59 Å². The molecule has 0 aliphatic heterocycles. The molecule has 0 aliphatic carbocycles. The summed E-state index contributed by atoms with van der Waals surface area (Å²) in [5, 5.41) is 32.7. The second-order valence-corrected chi connectivity index (χ2v) is 10.4. The number of carbonyl (C=O) groups excluding carboxylic acids is 1. The molecule has 0 atom stereocenters. The first-order chi connectivity index (χ1) is 23.0. The molecule has 0 aliphatic rings. The number of likely N-dealkylation sites (N-methyl/N-ethyl adjacent to an activating group) is 1. The number of aliphatic carboxylic acids is 2. The number of aromatic nitrogens is 2. The van der Waals surface area contributed by atoms with E-state index in [1.807, 2.05) is 44.1 Å². The molecule has 4 rings (SSSR count). The lowest BCUT2D eigenvalue weighted by atomic mass is 10.1. The third-order valence-electron chi connectivity index (χ3n) is 6.06. The van der Waals surface area contributed by atoms with Crippen molar-refractivity contribution in [1.29, 1.82) is 5.26 Å². The minimum absolute atomic E-state index is 0. The molecule has 0 unspecified atom stereocenters. The predicted molar refractivity (Wildman–Crippen MR) is 189 cm³/mol. The number of nitrogens with zero attached hydrogens (tertiary/aromatic N) is 4. The summed E-state index contributed by atoms with van der Waals surface area (Å²) >= 11 is 6.52. The monoisotopic (exact) mass is 708 g/mol. The van der Waals surface area contributed by atoms with Crippen LogP contribution in [0, 0.1) is 11.3 Å². The van der Waals surface area contributed by atoms with E-state index in [0.717, 1.165) is 5.69 Å². The number of carbonyl (C=O) groups is 3. The number of carboxylic acids is 2. The normalized spacial score (nSPS) is 10.3. The average Bonchev–Trinajstić information content (AvgIpc) is 3.04. The van der Waals surface area contributed by atoms with Gasteiger partial charge in [0.05, 0.1) is 39.8 Å². The Morgan fingerprint density at radius 1 is 0.980 bits per heavy atom. The van der Waals surface area contributed by atoms with Gasteiger partial charge in [0.2, 0.25) is 5.91 Å². The van der Waals surface area contributed by atoms with E-state index in [1.165, 1.54) is 12.3 Å². The van der Waals surface area contributed by atoms with Crippen LogP contribution in [0.5, 0.6) is 11.5 Å². The van der Waals surface area contributed by atoms with Crippen LogP contribution in [0.4, 0.5) is 17.1 Å². The van der Waals surface area contributed by atoms with Crippen molar-refractivity contribution in [3.8, 4) is 17.6 Å². The highest BCUT2D eigenvalue weighted by Gasteiger charge is 2.16. The van der Waals surface area contributed by atoms with Crippen molar-refractivity contribution in [3.05, 3.63) is 102 Å². The van der Waals surface area contributed by atoms with Crippen molar-refractivity contribution >= 4 is 57.4 Å². The second kappa shape index (κ2) is 21.0. The van der Waals surface area contributed by atoms with Crippen LogP contribution in [-0.2, 0) is 21.0 Å². The van der Waals surface area contributed by atoms with Crippen molar-refractivity contribution in [2.75, 3.05) is 37.9 Å². The smallest absolute Gasteiger partial charge is 0.328 e. The number of carboxylic acid groups (broad SMARTS) is 2. The number of pyridine rings is 2.